The largest absolute Gasteiger partial charge is 0.487 e. The number of hydrazone groups is 1. The van der Waals surface area contributed by atoms with Crippen LogP contribution in [0.25, 0.3) is 0 Å². The summed E-state index contributed by atoms with van der Waals surface area (Å²) < 4.78 is 37.1. The van der Waals surface area contributed by atoms with Crippen LogP contribution >= 0.6 is 0 Å². The van der Waals surface area contributed by atoms with Crippen LogP contribution in [0.2, 0.25) is 0 Å². The van der Waals surface area contributed by atoms with E-state index in [0.717, 1.165) is 6.34 Å². The number of hydrogen-bond acceptors (Lipinski definition) is 3. The minimum atomic E-state index is -4.34. The van der Waals surface area contributed by atoms with Crippen LogP contribution in [0.4, 0.5) is 13.2 Å². The zero-order valence-corrected chi connectivity index (χ0v) is 7.71. The summed E-state index contributed by atoms with van der Waals surface area (Å²) in [6, 6.07) is 0. The molecule has 0 saturated carbocycles. The van der Waals surface area contributed by atoms with Gasteiger partial charge in [0.25, 0.3) is 0 Å². The highest BCUT2D eigenvalue weighted by molar-refractivity contribution is 5.57. The van der Waals surface area contributed by atoms with Crippen LogP contribution < -0.4 is 0 Å². The molecule has 0 aromatic heterocycles. The first-order valence-corrected chi connectivity index (χ1v) is 3.96. The Kier molecular flexibility index (Phi) is 2.40. The molecule has 1 aliphatic rings. The van der Waals surface area contributed by atoms with Gasteiger partial charge >= 0.3 is 6.30 Å². The lowest BCUT2D eigenvalue weighted by atomic mass is 10.1. The Balaban J connectivity index is 2.81. The van der Waals surface area contributed by atoms with Crippen molar-refractivity contribution in [3.05, 3.63) is 0 Å². The van der Waals surface area contributed by atoms with Crippen LogP contribution in [-0.4, -0.2) is 35.8 Å². The van der Waals surface area contributed by atoms with Gasteiger partial charge < -0.3 is 0 Å². The van der Waals surface area contributed by atoms with E-state index in [1.807, 2.05) is 0 Å². The van der Waals surface area contributed by atoms with E-state index in [2.05, 4.69) is 5.10 Å². The molecule has 76 valence electrons. The van der Waals surface area contributed by atoms with E-state index in [9.17, 15) is 13.2 Å². The van der Waals surface area contributed by atoms with Crippen molar-refractivity contribution < 1.29 is 13.2 Å². The average molecular weight is 195 g/mol. The third kappa shape index (κ3) is 1.87. The molecule has 0 saturated heterocycles. The van der Waals surface area contributed by atoms with Crippen molar-refractivity contribution >= 4 is 6.34 Å². The molecule has 13 heavy (non-hydrogen) atoms. The fourth-order valence-corrected chi connectivity index (χ4v) is 1.42. The fraction of sp³-hybridized carbons (Fsp3) is 0.857. The molecule has 1 rings (SSSR count). The minimum absolute atomic E-state index is 0.130. The molecule has 1 unspecified atom stereocenters. The zero-order valence-electron chi connectivity index (χ0n) is 7.71. The average Bonchev–Trinajstić information content (AvgIpc) is 2.28. The van der Waals surface area contributed by atoms with E-state index >= 15 is 0 Å². The molecule has 0 aromatic rings. The summed E-state index contributed by atoms with van der Waals surface area (Å²) in [5.74, 6) is -0.130. The van der Waals surface area contributed by atoms with Gasteiger partial charge in [0.2, 0.25) is 0 Å². The van der Waals surface area contributed by atoms with E-state index in [1.54, 1.807) is 13.8 Å². The standard InChI is InChI=1S/C7H12F3N3/c1-5(2)6-12(3)11-4-13(6)7(8,9)10/h4-6H,1-3H3. The maximum atomic E-state index is 12.4. The Labute approximate surface area is 74.8 Å². The summed E-state index contributed by atoms with van der Waals surface area (Å²) in [6.07, 6.45) is -4.24. The van der Waals surface area contributed by atoms with Crippen molar-refractivity contribution in [1.29, 1.82) is 0 Å². The van der Waals surface area contributed by atoms with E-state index in [1.165, 1.54) is 12.1 Å². The normalized spacial score (nSPS) is 23.5. The van der Waals surface area contributed by atoms with Gasteiger partial charge in [-0.05, 0) is 5.92 Å². The Morgan fingerprint density at radius 1 is 1.38 bits per heavy atom. The summed E-state index contributed by atoms with van der Waals surface area (Å²) in [4.78, 5) is 0.317. The molecule has 0 amide bonds. The van der Waals surface area contributed by atoms with Gasteiger partial charge in [-0.3, -0.25) is 9.91 Å². The molecule has 1 heterocycles. The fourth-order valence-electron chi connectivity index (χ4n) is 1.42. The molecule has 0 radical (unpaired) electrons. The van der Waals surface area contributed by atoms with Crippen molar-refractivity contribution in [1.82, 2.24) is 9.91 Å². The van der Waals surface area contributed by atoms with E-state index < -0.39 is 12.5 Å². The van der Waals surface area contributed by atoms with Crippen molar-refractivity contribution in [3.8, 4) is 0 Å². The van der Waals surface area contributed by atoms with Gasteiger partial charge in [-0.15, -0.1) is 13.2 Å². The Hall–Kier alpha value is -0.940. The first-order chi connectivity index (χ1) is 5.84. The van der Waals surface area contributed by atoms with Gasteiger partial charge in [0.1, 0.15) is 12.5 Å². The summed E-state index contributed by atoms with van der Waals surface area (Å²) in [6.45, 7) is 3.46. The topological polar surface area (TPSA) is 18.8 Å². The first-order valence-electron chi connectivity index (χ1n) is 3.96. The maximum absolute atomic E-state index is 12.4. The SMILES string of the molecule is CC(C)C1N(C)N=CN1C(F)(F)F. The second-order valence-electron chi connectivity index (χ2n) is 3.34. The van der Waals surface area contributed by atoms with Crippen molar-refractivity contribution in [2.75, 3.05) is 7.05 Å². The number of alkyl halides is 3. The van der Waals surface area contributed by atoms with Crippen molar-refractivity contribution in [2.45, 2.75) is 26.3 Å². The summed E-state index contributed by atoms with van der Waals surface area (Å²) in [5, 5.41) is 4.92. The van der Waals surface area contributed by atoms with Crippen molar-refractivity contribution in [3.63, 3.8) is 0 Å². The highest BCUT2D eigenvalue weighted by atomic mass is 19.4. The molecule has 0 aromatic carbocycles. The van der Waals surface area contributed by atoms with Gasteiger partial charge in [0.05, 0.1) is 0 Å². The van der Waals surface area contributed by atoms with Crippen LogP contribution in [0.5, 0.6) is 0 Å². The van der Waals surface area contributed by atoms with Gasteiger partial charge in [0.15, 0.2) is 0 Å². The van der Waals surface area contributed by atoms with E-state index in [-0.39, 0.29) is 5.92 Å². The Bertz CT molecular complexity index is 212. The van der Waals surface area contributed by atoms with Gasteiger partial charge in [-0.2, -0.15) is 5.10 Å². The second-order valence-corrected chi connectivity index (χ2v) is 3.34. The van der Waals surface area contributed by atoms with Crippen LogP contribution in [-0.2, 0) is 0 Å². The van der Waals surface area contributed by atoms with Crippen molar-refractivity contribution in [2.24, 2.45) is 11.0 Å². The van der Waals surface area contributed by atoms with Crippen LogP contribution in [0.1, 0.15) is 13.8 Å². The number of hydrogen-bond donors (Lipinski definition) is 0. The molecule has 0 N–H and O–H groups in total. The molecular weight excluding hydrogens is 183 g/mol. The number of rotatable bonds is 1. The lowest BCUT2D eigenvalue weighted by molar-refractivity contribution is -0.238. The summed E-state index contributed by atoms with van der Waals surface area (Å²) in [5.41, 5.74) is 0. The summed E-state index contributed by atoms with van der Waals surface area (Å²) >= 11 is 0. The highest BCUT2D eigenvalue weighted by Crippen LogP contribution is 2.29. The van der Waals surface area contributed by atoms with Crippen LogP contribution in [0.15, 0.2) is 5.10 Å². The number of halogens is 3. The number of nitrogens with zero attached hydrogens (tertiary/aromatic N) is 3. The molecular formula is C7H12F3N3. The molecule has 6 heteroatoms. The van der Waals surface area contributed by atoms with Crippen LogP contribution in [0.3, 0.4) is 0 Å². The highest BCUT2D eigenvalue weighted by Gasteiger charge is 2.45. The summed E-state index contributed by atoms with van der Waals surface area (Å²) in [7, 11) is 1.53. The maximum Gasteiger partial charge on any atom is 0.487 e. The minimum Gasteiger partial charge on any atom is -0.276 e. The van der Waals surface area contributed by atoms with Gasteiger partial charge in [-0.25, -0.2) is 0 Å². The molecule has 1 aliphatic heterocycles. The molecule has 0 aliphatic carbocycles. The molecule has 0 bridgehead atoms. The quantitative estimate of drug-likeness (QED) is 0.593. The van der Waals surface area contributed by atoms with Gasteiger partial charge in [0, 0.05) is 7.05 Å². The van der Waals surface area contributed by atoms with E-state index in [0.29, 0.717) is 4.90 Å². The molecule has 3 nitrogen and oxygen atoms in total. The van der Waals surface area contributed by atoms with Gasteiger partial charge in [-0.1, -0.05) is 13.8 Å². The predicted octanol–water partition coefficient (Wildman–Crippen LogP) is 1.68. The lowest BCUT2D eigenvalue weighted by Gasteiger charge is -2.32. The third-order valence-corrected chi connectivity index (χ3v) is 1.92. The lowest BCUT2D eigenvalue weighted by Crippen LogP contribution is -2.49. The smallest absolute Gasteiger partial charge is 0.276 e. The first kappa shape index (κ1) is 10.1. The molecule has 1 atom stereocenters. The predicted molar refractivity (Wildman–Crippen MR) is 42.8 cm³/mol. The Morgan fingerprint density at radius 3 is 2.23 bits per heavy atom. The monoisotopic (exact) mass is 195 g/mol. The Morgan fingerprint density at radius 2 is 1.92 bits per heavy atom. The van der Waals surface area contributed by atoms with Crippen LogP contribution in [0, 0.1) is 5.92 Å². The second kappa shape index (κ2) is 3.08. The molecule has 0 spiro atoms. The van der Waals surface area contributed by atoms with E-state index in [4.69, 9.17) is 0 Å². The third-order valence-electron chi connectivity index (χ3n) is 1.92. The molecule has 0 fully saturated rings. The zero-order chi connectivity index (χ0) is 10.2.